The van der Waals surface area contributed by atoms with Crippen molar-refractivity contribution in [2.75, 3.05) is 13.2 Å². The zero-order valence-electron chi connectivity index (χ0n) is 7.38. The maximum atomic E-state index is 8.19. The van der Waals surface area contributed by atoms with Gasteiger partial charge in [0.05, 0.1) is 12.7 Å². The summed E-state index contributed by atoms with van der Waals surface area (Å²) in [5.74, 6) is 0. The maximum Gasteiger partial charge on any atom is 0.176 e. The molecule has 0 heterocycles. The van der Waals surface area contributed by atoms with E-state index in [4.69, 9.17) is 10.00 Å². The van der Waals surface area contributed by atoms with Gasteiger partial charge in [-0.15, -0.1) is 0 Å². The summed E-state index contributed by atoms with van der Waals surface area (Å²) in [5.41, 5.74) is 0. The molecule has 12 heavy (non-hydrogen) atoms. The lowest BCUT2D eigenvalue weighted by Gasteiger charge is -2.21. The van der Waals surface area contributed by atoms with Crippen LogP contribution in [0.5, 0.6) is 0 Å². The number of nitriles is 1. The summed E-state index contributed by atoms with van der Waals surface area (Å²) >= 11 is 0. The number of nitrogens with zero attached hydrogens (tertiary/aromatic N) is 1. The fourth-order valence-electron chi connectivity index (χ4n) is 1.56. The quantitative estimate of drug-likeness (QED) is 0.392. The third-order valence-corrected chi connectivity index (χ3v) is 2.21. The summed E-state index contributed by atoms with van der Waals surface area (Å²) in [5, 5.41) is 10.8. The van der Waals surface area contributed by atoms with Gasteiger partial charge in [-0.1, -0.05) is 19.3 Å². The average Bonchev–Trinajstić information content (AvgIpc) is 2.14. The third kappa shape index (κ3) is 3.59. The monoisotopic (exact) mass is 168 g/mol. The van der Waals surface area contributed by atoms with Crippen molar-refractivity contribution in [2.24, 2.45) is 0 Å². The van der Waals surface area contributed by atoms with Crippen LogP contribution in [-0.4, -0.2) is 19.3 Å². The second kappa shape index (κ2) is 5.84. The van der Waals surface area contributed by atoms with Crippen LogP contribution in [0.1, 0.15) is 32.1 Å². The fourth-order valence-corrected chi connectivity index (χ4v) is 1.56. The first-order valence-corrected chi connectivity index (χ1v) is 4.67. The molecule has 3 heteroatoms. The van der Waals surface area contributed by atoms with Crippen LogP contribution >= 0.6 is 0 Å². The molecule has 1 fully saturated rings. The van der Waals surface area contributed by atoms with Crippen LogP contribution in [0.3, 0.4) is 0 Å². The Balaban J connectivity index is 1.95. The van der Waals surface area contributed by atoms with E-state index in [0.717, 1.165) is 0 Å². The van der Waals surface area contributed by atoms with Gasteiger partial charge >= 0.3 is 0 Å². The average molecular weight is 168 g/mol. The Hall–Kier alpha value is -0.750. The Labute approximate surface area is 73.7 Å². The molecular weight excluding hydrogens is 152 g/mol. The normalized spacial score (nSPS) is 18.6. The van der Waals surface area contributed by atoms with Crippen molar-refractivity contribution in [3.63, 3.8) is 0 Å². The van der Waals surface area contributed by atoms with Crippen LogP contribution in [-0.2, 0) is 4.74 Å². The lowest BCUT2D eigenvalue weighted by Crippen LogP contribution is -2.22. The molecule has 0 aromatic heterocycles. The summed E-state index contributed by atoms with van der Waals surface area (Å²) < 4.78 is 5.57. The molecule has 0 unspecified atom stereocenters. The number of ether oxygens (including phenoxy) is 1. The van der Waals surface area contributed by atoms with Crippen molar-refractivity contribution in [2.45, 2.75) is 38.2 Å². The van der Waals surface area contributed by atoms with Gasteiger partial charge in [-0.3, -0.25) is 0 Å². The van der Waals surface area contributed by atoms with Gasteiger partial charge in [-0.2, -0.15) is 5.26 Å². The molecule has 0 aromatic carbocycles. The molecule has 1 aliphatic carbocycles. The van der Waals surface area contributed by atoms with E-state index in [1.165, 1.54) is 32.1 Å². The molecular formula is C9H16N2O. The topological polar surface area (TPSA) is 45.0 Å². The molecule has 1 saturated carbocycles. The van der Waals surface area contributed by atoms with E-state index in [-0.39, 0.29) is 0 Å². The minimum atomic E-state index is 0.458. The molecule has 3 nitrogen and oxygen atoms in total. The standard InChI is InChI=1S/C9H16N2O/c10-8-11-6-7-12-9-4-2-1-3-5-9/h9,11H,1-7H2. The molecule has 68 valence electrons. The minimum absolute atomic E-state index is 0.458. The van der Waals surface area contributed by atoms with Crippen molar-refractivity contribution in [3.05, 3.63) is 0 Å². The van der Waals surface area contributed by atoms with Crippen molar-refractivity contribution >= 4 is 0 Å². The zero-order valence-corrected chi connectivity index (χ0v) is 7.38. The molecule has 1 rings (SSSR count). The van der Waals surface area contributed by atoms with Gasteiger partial charge < -0.3 is 10.1 Å². The van der Waals surface area contributed by atoms with Crippen molar-refractivity contribution in [1.82, 2.24) is 5.32 Å². The van der Waals surface area contributed by atoms with Crippen LogP contribution in [0.25, 0.3) is 0 Å². The smallest absolute Gasteiger partial charge is 0.176 e. The van der Waals surface area contributed by atoms with Crippen LogP contribution in [0.15, 0.2) is 0 Å². The maximum absolute atomic E-state index is 8.19. The van der Waals surface area contributed by atoms with E-state index < -0.39 is 0 Å². The lowest BCUT2D eigenvalue weighted by molar-refractivity contribution is 0.0316. The molecule has 0 bridgehead atoms. The Morgan fingerprint density at radius 1 is 1.33 bits per heavy atom. The summed E-state index contributed by atoms with van der Waals surface area (Å²) in [6, 6.07) is 0. The third-order valence-electron chi connectivity index (χ3n) is 2.21. The van der Waals surface area contributed by atoms with Gasteiger partial charge in [-0.25, -0.2) is 0 Å². The van der Waals surface area contributed by atoms with Gasteiger partial charge in [0.1, 0.15) is 0 Å². The van der Waals surface area contributed by atoms with Crippen LogP contribution < -0.4 is 5.32 Å². The van der Waals surface area contributed by atoms with Crippen molar-refractivity contribution < 1.29 is 4.74 Å². The molecule has 0 aliphatic heterocycles. The Morgan fingerprint density at radius 2 is 2.08 bits per heavy atom. The second-order valence-corrected chi connectivity index (χ2v) is 3.17. The Morgan fingerprint density at radius 3 is 2.75 bits per heavy atom. The number of rotatable bonds is 4. The van der Waals surface area contributed by atoms with Crippen LogP contribution in [0, 0.1) is 11.5 Å². The number of hydrogen-bond donors (Lipinski definition) is 1. The van der Waals surface area contributed by atoms with Crippen LogP contribution in [0.2, 0.25) is 0 Å². The largest absolute Gasteiger partial charge is 0.376 e. The minimum Gasteiger partial charge on any atom is -0.376 e. The first-order valence-electron chi connectivity index (χ1n) is 4.67. The Bertz CT molecular complexity index is 147. The van der Waals surface area contributed by atoms with Crippen molar-refractivity contribution in [1.29, 1.82) is 5.26 Å². The highest BCUT2D eigenvalue weighted by Crippen LogP contribution is 2.19. The van der Waals surface area contributed by atoms with Crippen molar-refractivity contribution in [3.8, 4) is 6.19 Å². The molecule has 0 saturated heterocycles. The van der Waals surface area contributed by atoms with Gasteiger partial charge in [0.25, 0.3) is 0 Å². The van der Waals surface area contributed by atoms with E-state index in [1.54, 1.807) is 0 Å². The first-order chi connectivity index (χ1) is 5.93. The van der Waals surface area contributed by atoms with E-state index in [2.05, 4.69) is 5.32 Å². The highest BCUT2D eigenvalue weighted by Gasteiger charge is 2.12. The van der Waals surface area contributed by atoms with E-state index >= 15 is 0 Å². The number of hydrogen-bond acceptors (Lipinski definition) is 3. The summed E-state index contributed by atoms with van der Waals surface area (Å²) in [6.07, 6.45) is 8.70. The summed E-state index contributed by atoms with van der Waals surface area (Å²) in [4.78, 5) is 0. The highest BCUT2D eigenvalue weighted by molar-refractivity contribution is 4.67. The predicted molar refractivity (Wildman–Crippen MR) is 46.4 cm³/mol. The molecule has 1 N–H and O–H groups in total. The molecule has 0 atom stereocenters. The van der Waals surface area contributed by atoms with Gasteiger partial charge in [0, 0.05) is 6.54 Å². The number of nitrogens with one attached hydrogen (secondary N) is 1. The highest BCUT2D eigenvalue weighted by atomic mass is 16.5. The van der Waals surface area contributed by atoms with Gasteiger partial charge in [-0.05, 0) is 12.8 Å². The first kappa shape index (κ1) is 9.34. The summed E-state index contributed by atoms with van der Waals surface area (Å²) in [6.45, 7) is 1.31. The Kier molecular flexibility index (Phi) is 4.55. The molecule has 1 aliphatic rings. The van der Waals surface area contributed by atoms with Gasteiger partial charge in [0.15, 0.2) is 6.19 Å². The molecule has 0 radical (unpaired) electrons. The molecule has 0 spiro atoms. The van der Waals surface area contributed by atoms with E-state index in [9.17, 15) is 0 Å². The van der Waals surface area contributed by atoms with E-state index in [1.807, 2.05) is 6.19 Å². The molecule has 0 amide bonds. The second-order valence-electron chi connectivity index (χ2n) is 3.17. The lowest BCUT2D eigenvalue weighted by atomic mass is 9.98. The SMILES string of the molecule is N#CNCCOC1CCCCC1. The predicted octanol–water partition coefficient (Wildman–Crippen LogP) is 1.41. The fraction of sp³-hybridized carbons (Fsp3) is 0.889. The zero-order chi connectivity index (χ0) is 8.65. The van der Waals surface area contributed by atoms with E-state index in [0.29, 0.717) is 19.3 Å². The van der Waals surface area contributed by atoms with Gasteiger partial charge in [0.2, 0.25) is 0 Å². The molecule has 0 aromatic rings. The summed E-state index contributed by atoms with van der Waals surface area (Å²) in [7, 11) is 0. The van der Waals surface area contributed by atoms with Crippen LogP contribution in [0.4, 0.5) is 0 Å².